The molecule has 0 spiro atoms. The van der Waals surface area contributed by atoms with E-state index in [2.05, 4.69) is 25.8 Å². The van der Waals surface area contributed by atoms with Gasteiger partial charge in [-0.3, -0.25) is 4.99 Å². The van der Waals surface area contributed by atoms with Gasteiger partial charge in [-0.05, 0) is 49.8 Å². The van der Waals surface area contributed by atoms with Crippen molar-refractivity contribution in [1.82, 2.24) is 20.8 Å². The standard InChI is InChI=1S/C20H30FN5OS/c1-4-22-20(23-12-5-7-18-25-19(15(2)3)26-27-18)24-13-6-14-28-17-10-8-16(21)9-11-17/h8-11,15H,4-7,12-14H2,1-3H3,(H2,22,23,24). The highest BCUT2D eigenvalue weighted by Gasteiger charge is 2.09. The minimum absolute atomic E-state index is 0.199. The molecule has 0 atom stereocenters. The quantitative estimate of drug-likeness (QED) is 0.254. The Kier molecular flexibility index (Phi) is 9.82. The molecule has 2 aromatic rings. The lowest BCUT2D eigenvalue weighted by Crippen LogP contribution is -2.38. The number of guanidine groups is 1. The zero-order chi connectivity index (χ0) is 20.2. The zero-order valence-corrected chi connectivity index (χ0v) is 17.7. The second kappa shape index (κ2) is 12.4. The van der Waals surface area contributed by atoms with Gasteiger partial charge in [0, 0.05) is 36.9 Å². The third-order valence-corrected chi connectivity index (χ3v) is 4.96. The molecule has 0 radical (unpaired) electrons. The molecule has 8 heteroatoms. The summed E-state index contributed by atoms with van der Waals surface area (Å²) in [5.74, 6) is 3.30. The van der Waals surface area contributed by atoms with Crippen molar-refractivity contribution in [3.63, 3.8) is 0 Å². The van der Waals surface area contributed by atoms with E-state index < -0.39 is 0 Å². The lowest BCUT2D eigenvalue weighted by molar-refractivity contribution is 0.368. The van der Waals surface area contributed by atoms with Crippen LogP contribution in [0.1, 0.15) is 51.2 Å². The Morgan fingerprint density at radius 3 is 2.68 bits per heavy atom. The maximum atomic E-state index is 12.9. The summed E-state index contributed by atoms with van der Waals surface area (Å²) in [5, 5.41) is 10.6. The van der Waals surface area contributed by atoms with Gasteiger partial charge >= 0.3 is 0 Å². The van der Waals surface area contributed by atoms with Gasteiger partial charge in [-0.25, -0.2) is 4.39 Å². The summed E-state index contributed by atoms with van der Waals surface area (Å²) < 4.78 is 18.2. The van der Waals surface area contributed by atoms with Crippen LogP contribution in [-0.2, 0) is 6.42 Å². The van der Waals surface area contributed by atoms with Crippen molar-refractivity contribution >= 4 is 17.7 Å². The van der Waals surface area contributed by atoms with E-state index in [0.717, 1.165) is 61.3 Å². The molecule has 1 heterocycles. The molecule has 2 rings (SSSR count). The van der Waals surface area contributed by atoms with Crippen molar-refractivity contribution in [3.05, 3.63) is 41.8 Å². The van der Waals surface area contributed by atoms with E-state index in [0.29, 0.717) is 5.89 Å². The summed E-state index contributed by atoms with van der Waals surface area (Å²) in [6.07, 6.45) is 2.60. The van der Waals surface area contributed by atoms with Crippen molar-refractivity contribution < 1.29 is 8.91 Å². The Balaban J connectivity index is 1.64. The first-order chi connectivity index (χ1) is 13.6. The van der Waals surface area contributed by atoms with Gasteiger partial charge < -0.3 is 15.2 Å². The Morgan fingerprint density at radius 1 is 1.21 bits per heavy atom. The van der Waals surface area contributed by atoms with E-state index in [9.17, 15) is 4.39 Å². The van der Waals surface area contributed by atoms with Gasteiger partial charge in [0.05, 0.1) is 0 Å². The predicted molar refractivity (Wildman–Crippen MR) is 112 cm³/mol. The van der Waals surface area contributed by atoms with Crippen LogP contribution >= 0.6 is 11.8 Å². The Hall–Kier alpha value is -2.09. The average molecular weight is 408 g/mol. The van der Waals surface area contributed by atoms with Crippen LogP contribution in [0, 0.1) is 5.82 Å². The molecule has 0 saturated carbocycles. The summed E-state index contributed by atoms with van der Waals surface area (Å²) >= 11 is 1.72. The molecule has 0 amide bonds. The number of aryl methyl sites for hydroxylation is 1. The fourth-order valence-corrected chi connectivity index (χ4v) is 3.21. The highest BCUT2D eigenvalue weighted by molar-refractivity contribution is 7.99. The van der Waals surface area contributed by atoms with Gasteiger partial charge in [0.25, 0.3) is 0 Å². The minimum atomic E-state index is -0.199. The number of hydrogen-bond donors (Lipinski definition) is 2. The number of benzene rings is 1. The van der Waals surface area contributed by atoms with Crippen molar-refractivity contribution in [3.8, 4) is 0 Å². The van der Waals surface area contributed by atoms with E-state index >= 15 is 0 Å². The molecular weight excluding hydrogens is 377 g/mol. The molecule has 0 aliphatic carbocycles. The first kappa shape index (κ1) is 22.2. The largest absolute Gasteiger partial charge is 0.357 e. The number of nitrogens with zero attached hydrogens (tertiary/aromatic N) is 3. The molecule has 2 N–H and O–H groups in total. The third kappa shape index (κ3) is 8.29. The van der Waals surface area contributed by atoms with Crippen LogP contribution in [0.25, 0.3) is 0 Å². The Labute approximate surface area is 170 Å². The molecule has 28 heavy (non-hydrogen) atoms. The summed E-state index contributed by atoms with van der Waals surface area (Å²) in [6, 6.07) is 6.60. The van der Waals surface area contributed by atoms with Crippen LogP contribution in [0.2, 0.25) is 0 Å². The Bertz CT molecular complexity index is 718. The van der Waals surface area contributed by atoms with Crippen molar-refractivity contribution in [1.29, 1.82) is 0 Å². The number of nitrogens with one attached hydrogen (secondary N) is 2. The molecule has 0 bridgehead atoms. The van der Waals surface area contributed by atoms with Gasteiger partial charge in [0.2, 0.25) is 5.89 Å². The van der Waals surface area contributed by atoms with Crippen molar-refractivity contribution in [2.24, 2.45) is 4.99 Å². The van der Waals surface area contributed by atoms with Crippen LogP contribution in [0.15, 0.2) is 38.7 Å². The normalized spacial score (nSPS) is 11.8. The molecular formula is C20H30FN5OS. The van der Waals surface area contributed by atoms with Crippen molar-refractivity contribution in [2.75, 3.05) is 25.4 Å². The van der Waals surface area contributed by atoms with Gasteiger partial charge in [-0.2, -0.15) is 4.98 Å². The number of aliphatic imine (C=N–C) groups is 1. The second-order valence-corrected chi connectivity index (χ2v) is 7.82. The molecule has 6 nitrogen and oxygen atoms in total. The third-order valence-electron chi connectivity index (χ3n) is 3.86. The molecule has 0 saturated heterocycles. The summed E-state index contributed by atoms with van der Waals surface area (Å²) in [5.41, 5.74) is 0. The van der Waals surface area contributed by atoms with E-state index in [1.165, 1.54) is 12.1 Å². The second-order valence-electron chi connectivity index (χ2n) is 6.65. The fourth-order valence-electron chi connectivity index (χ4n) is 2.37. The fraction of sp³-hybridized carbons (Fsp3) is 0.550. The topological polar surface area (TPSA) is 75.3 Å². The maximum absolute atomic E-state index is 12.9. The summed E-state index contributed by atoms with van der Waals surface area (Å²) in [6.45, 7) is 8.49. The number of thioether (sulfide) groups is 1. The van der Waals surface area contributed by atoms with Gasteiger partial charge in [0.15, 0.2) is 11.8 Å². The predicted octanol–water partition coefficient (Wildman–Crippen LogP) is 4.00. The lowest BCUT2D eigenvalue weighted by atomic mass is 10.2. The van der Waals surface area contributed by atoms with Crippen molar-refractivity contribution in [2.45, 2.75) is 50.8 Å². The molecule has 0 aliphatic rings. The Morgan fingerprint density at radius 2 is 2.00 bits per heavy atom. The van der Waals surface area contributed by atoms with E-state index in [1.54, 1.807) is 11.8 Å². The molecule has 1 aromatic heterocycles. The highest BCUT2D eigenvalue weighted by Crippen LogP contribution is 2.18. The first-order valence-electron chi connectivity index (χ1n) is 9.81. The number of aromatic nitrogens is 2. The lowest BCUT2D eigenvalue weighted by Gasteiger charge is -2.10. The zero-order valence-electron chi connectivity index (χ0n) is 16.9. The SMILES string of the molecule is CCNC(=NCCCSc1ccc(F)cc1)NCCCc1nc(C(C)C)no1. The van der Waals surface area contributed by atoms with Gasteiger partial charge in [0.1, 0.15) is 5.82 Å². The monoisotopic (exact) mass is 407 g/mol. The summed E-state index contributed by atoms with van der Waals surface area (Å²) in [7, 11) is 0. The maximum Gasteiger partial charge on any atom is 0.226 e. The number of hydrogen-bond acceptors (Lipinski definition) is 5. The van der Waals surface area contributed by atoms with E-state index in [4.69, 9.17) is 4.52 Å². The van der Waals surface area contributed by atoms with E-state index in [1.807, 2.05) is 32.9 Å². The molecule has 0 fully saturated rings. The van der Waals surface area contributed by atoms with Gasteiger partial charge in [-0.15, -0.1) is 11.8 Å². The highest BCUT2D eigenvalue weighted by atomic mass is 32.2. The van der Waals surface area contributed by atoms with E-state index in [-0.39, 0.29) is 11.7 Å². The molecule has 1 aromatic carbocycles. The van der Waals surface area contributed by atoms with Crippen LogP contribution in [0.5, 0.6) is 0 Å². The molecule has 154 valence electrons. The molecule has 0 aliphatic heterocycles. The molecule has 0 unspecified atom stereocenters. The minimum Gasteiger partial charge on any atom is -0.357 e. The van der Waals surface area contributed by atoms with Crippen LogP contribution in [0.3, 0.4) is 0 Å². The number of rotatable bonds is 11. The van der Waals surface area contributed by atoms with Crippen LogP contribution in [-0.4, -0.2) is 41.5 Å². The smallest absolute Gasteiger partial charge is 0.226 e. The van der Waals surface area contributed by atoms with Gasteiger partial charge in [-0.1, -0.05) is 19.0 Å². The van der Waals surface area contributed by atoms with Crippen LogP contribution < -0.4 is 10.6 Å². The average Bonchev–Trinajstić information content (AvgIpc) is 3.15. The number of halogens is 1. The first-order valence-corrected chi connectivity index (χ1v) is 10.8. The summed E-state index contributed by atoms with van der Waals surface area (Å²) in [4.78, 5) is 10.1. The van der Waals surface area contributed by atoms with Crippen LogP contribution in [0.4, 0.5) is 4.39 Å².